The van der Waals surface area contributed by atoms with E-state index in [1.807, 2.05) is 0 Å². The predicted molar refractivity (Wildman–Crippen MR) is 86.0 cm³/mol. The van der Waals surface area contributed by atoms with Gasteiger partial charge in [-0.1, -0.05) is 12.1 Å². The van der Waals surface area contributed by atoms with E-state index in [1.54, 1.807) is 20.8 Å². The topological polar surface area (TPSA) is 51.2 Å². The molecule has 0 saturated heterocycles. The van der Waals surface area contributed by atoms with E-state index in [0.29, 0.717) is 0 Å². The standard InChI is InChI=1S/C17H18F4N2O2/c1-5-25-15(24)11-13(23-16(2,3)4)9-7-6-8-10(18)12(9)22-14(11)17(19,20)21/h6-8H,5H2,1-4H3,(H,22,23). The van der Waals surface area contributed by atoms with Crippen LogP contribution in [0.15, 0.2) is 18.2 Å². The first-order chi connectivity index (χ1) is 11.5. The number of benzene rings is 1. The van der Waals surface area contributed by atoms with Crippen molar-refractivity contribution in [3.05, 3.63) is 35.3 Å². The molecular formula is C17H18F4N2O2. The second-order valence-electron chi connectivity index (χ2n) is 6.44. The average molecular weight is 358 g/mol. The summed E-state index contributed by atoms with van der Waals surface area (Å²) in [5.74, 6) is -2.07. The molecule has 0 aliphatic heterocycles. The number of rotatable bonds is 3. The van der Waals surface area contributed by atoms with Gasteiger partial charge in [0.05, 0.1) is 12.3 Å². The molecule has 1 aromatic heterocycles. The molecule has 0 bridgehead atoms. The van der Waals surface area contributed by atoms with Crippen molar-refractivity contribution >= 4 is 22.6 Å². The molecule has 0 spiro atoms. The molecule has 0 atom stereocenters. The third-order valence-electron chi connectivity index (χ3n) is 3.21. The van der Waals surface area contributed by atoms with Gasteiger partial charge in [0.2, 0.25) is 0 Å². The molecule has 0 fully saturated rings. The van der Waals surface area contributed by atoms with Crippen molar-refractivity contribution in [1.29, 1.82) is 0 Å². The van der Waals surface area contributed by atoms with Crippen molar-refractivity contribution in [2.45, 2.75) is 39.4 Å². The number of anilines is 1. The Hall–Kier alpha value is -2.38. The van der Waals surface area contributed by atoms with Gasteiger partial charge in [0.25, 0.3) is 0 Å². The van der Waals surface area contributed by atoms with Crippen LogP contribution < -0.4 is 5.32 Å². The van der Waals surface area contributed by atoms with E-state index in [4.69, 9.17) is 4.74 Å². The second-order valence-corrected chi connectivity index (χ2v) is 6.44. The number of aromatic nitrogens is 1. The maximum Gasteiger partial charge on any atom is 0.434 e. The van der Waals surface area contributed by atoms with Crippen molar-refractivity contribution in [1.82, 2.24) is 4.98 Å². The number of nitrogens with zero attached hydrogens (tertiary/aromatic N) is 1. The molecule has 4 nitrogen and oxygen atoms in total. The van der Waals surface area contributed by atoms with Gasteiger partial charge in [-0.15, -0.1) is 0 Å². The van der Waals surface area contributed by atoms with Gasteiger partial charge in [0, 0.05) is 10.9 Å². The summed E-state index contributed by atoms with van der Waals surface area (Å²) in [6.07, 6.45) is -4.95. The molecule has 0 amide bonds. The normalized spacial score (nSPS) is 12.3. The first kappa shape index (κ1) is 19.0. The third kappa shape index (κ3) is 4.00. The van der Waals surface area contributed by atoms with Gasteiger partial charge in [-0.05, 0) is 33.8 Å². The Morgan fingerprint density at radius 2 is 1.88 bits per heavy atom. The summed E-state index contributed by atoms with van der Waals surface area (Å²) in [7, 11) is 0. The number of hydrogen-bond acceptors (Lipinski definition) is 4. The summed E-state index contributed by atoms with van der Waals surface area (Å²) >= 11 is 0. The zero-order valence-electron chi connectivity index (χ0n) is 14.2. The number of halogens is 4. The van der Waals surface area contributed by atoms with Crippen molar-refractivity contribution in [2.24, 2.45) is 0 Å². The Morgan fingerprint density at radius 1 is 1.24 bits per heavy atom. The van der Waals surface area contributed by atoms with Gasteiger partial charge in [-0.2, -0.15) is 13.2 Å². The van der Waals surface area contributed by atoms with E-state index in [1.165, 1.54) is 19.1 Å². The Kier molecular flexibility index (Phi) is 4.92. The lowest BCUT2D eigenvalue weighted by atomic mass is 10.0. The highest BCUT2D eigenvalue weighted by Gasteiger charge is 2.41. The largest absolute Gasteiger partial charge is 0.462 e. The van der Waals surface area contributed by atoms with Crippen molar-refractivity contribution in [3.63, 3.8) is 0 Å². The SMILES string of the molecule is CCOC(=O)c1c(C(F)(F)F)nc2c(F)cccc2c1NC(C)(C)C. The van der Waals surface area contributed by atoms with Crippen molar-refractivity contribution in [3.8, 4) is 0 Å². The molecule has 0 saturated carbocycles. The Balaban J connectivity index is 2.96. The minimum absolute atomic E-state index is 0.0750. The lowest BCUT2D eigenvalue weighted by molar-refractivity contribution is -0.141. The summed E-state index contributed by atoms with van der Waals surface area (Å²) in [6, 6.07) is 3.76. The molecule has 0 aliphatic rings. The summed E-state index contributed by atoms with van der Waals surface area (Å²) < 4.78 is 59.4. The molecule has 0 aliphatic carbocycles. The highest BCUT2D eigenvalue weighted by Crippen LogP contribution is 2.39. The number of hydrogen-bond donors (Lipinski definition) is 1. The van der Waals surface area contributed by atoms with Crippen LogP contribution in [-0.2, 0) is 10.9 Å². The molecule has 136 valence electrons. The summed E-state index contributed by atoms with van der Waals surface area (Å²) in [6.45, 7) is 6.50. The lowest BCUT2D eigenvalue weighted by Gasteiger charge is -2.26. The number of fused-ring (bicyclic) bond motifs is 1. The number of para-hydroxylation sites is 1. The zero-order valence-corrected chi connectivity index (χ0v) is 14.2. The molecule has 1 N–H and O–H groups in total. The van der Waals surface area contributed by atoms with Gasteiger partial charge in [0.15, 0.2) is 5.69 Å². The van der Waals surface area contributed by atoms with Crippen molar-refractivity contribution < 1.29 is 27.1 Å². The monoisotopic (exact) mass is 358 g/mol. The first-order valence-corrected chi connectivity index (χ1v) is 7.60. The fraction of sp³-hybridized carbons (Fsp3) is 0.412. The third-order valence-corrected chi connectivity index (χ3v) is 3.21. The quantitative estimate of drug-likeness (QED) is 0.634. The number of alkyl halides is 3. The summed E-state index contributed by atoms with van der Waals surface area (Å²) in [5.41, 5.74) is -3.53. The smallest absolute Gasteiger partial charge is 0.434 e. The van der Waals surface area contributed by atoms with E-state index in [9.17, 15) is 22.4 Å². The van der Waals surface area contributed by atoms with E-state index in [2.05, 4.69) is 10.3 Å². The fourth-order valence-electron chi connectivity index (χ4n) is 2.36. The molecular weight excluding hydrogens is 340 g/mol. The second kappa shape index (κ2) is 6.50. The van der Waals surface area contributed by atoms with E-state index in [0.717, 1.165) is 6.07 Å². The first-order valence-electron chi connectivity index (χ1n) is 7.60. The summed E-state index contributed by atoms with van der Waals surface area (Å²) in [5, 5.41) is 2.94. The molecule has 0 unspecified atom stereocenters. The zero-order chi connectivity index (χ0) is 19.0. The lowest BCUT2D eigenvalue weighted by Crippen LogP contribution is -2.29. The van der Waals surface area contributed by atoms with Gasteiger partial charge >= 0.3 is 12.1 Å². The van der Waals surface area contributed by atoms with Gasteiger partial charge in [-0.3, -0.25) is 0 Å². The minimum atomic E-state index is -4.95. The molecule has 1 aromatic carbocycles. The number of carbonyl (C=O) groups is 1. The number of pyridine rings is 1. The van der Waals surface area contributed by atoms with E-state index in [-0.39, 0.29) is 17.7 Å². The molecule has 25 heavy (non-hydrogen) atoms. The van der Waals surface area contributed by atoms with Crippen LogP contribution >= 0.6 is 0 Å². The summed E-state index contributed by atoms with van der Waals surface area (Å²) in [4.78, 5) is 15.7. The van der Waals surface area contributed by atoms with Gasteiger partial charge in [-0.25, -0.2) is 14.2 Å². The van der Waals surface area contributed by atoms with Crippen LogP contribution in [0.1, 0.15) is 43.7 Å². The van der Waals surface area contributed by atoms with Gasteiger partial charge in [0.1, 0.15) is 16.9 Å². The molecule has 2 rings (SSSR count). The molecule has 8 heteroatoms. The Morgan fingerprint density at radius 3 is 2.40 bits per heavy atom. The molecule has 0 radical (unpaired) electrons. The molecule has 1 heterocycles. The van der Waals surface area contributed by atoms with Crippen LogP contribution in [0.4, 0.5) is 23.2 Å². The number of nitrogens with one attached hydrogen (secondary N) is 1. The van der Waals surface area contributed by atoms with E-state index < -0.39 is 40.3 Å². The van der Waals surface area contributed by atoms with E-state index >= 15 is 0 Å². The number of esters is 1. The maximum atomic E-state index is 14.1. The number of carbonyl (C=O) groups excluding carboxylic acids is 1. The van der Waals surface area contributed by atoms with Crippen molar-refractivity contribution in [2.75, 3.05) is 11.9 Å². The van der Waals surface area contributed by atoms with Crippen LogP contribution in [0, 0.1) is 5.82 Å². The van der Waals surface area contributed by atoms with Crippen LogP contribution in [0.5, 0.6) is 0 Å². The average Bonchev–Trinajstić information content (AvgIpc) is 2.45. The highest BCUT2D eigenvalue weighted by molar-refractivity contribution is 6.06. The van der Waals surface area contributed by atoms with Crippen LogP contribution in [-0.4, -0.2) is 23.1 Å². The fourth-order valence-corrected chi connectivity index (χ4v) is 2.36. The maximum absolute atomic E-state index is 14.1. The predicted octanol–water partition coefficient (Wildman–Crippen LogP) is 4.78. The van der Waals surface area contributed by atoms with Crippen LogP contribution in [0.2, 0.25) is 0 Å². The Labute approximate surface area is 142 Å². The van der Waals surface area contributed by atoms with Crippen LogP contribution in [0.25, 0.3) is 10.9 Å². The highest BCUT2D eigenvalue weighted by atomic mass is 19.4. The van der Waals surface area contributed by atoms with Crippen LogP contribution in [0.3, 0.4) is 0 Å². The molecule has 2 aromatic rings. The number of ether oxygens (including phenoxy) is 1. The minimum Gasteiger partial charge on any atom is -0.462 e. The van der Waals surface area contributed by atoms with Gasteiger partial charge < -0.3 is 10.1 Å². The Bertz CT molecular complexity index is 811.